The number of carbonyl (C=O) groups excluding carboxylic acids is 1. The largest absolute Gasteiger partial charge is 0.493 e. The second kappa shape index (κ2) is 18.6. The molecule has 0 spiro atoms. The highest BCUT2D eigenvalue weighted by Crippen LogP contribution is 2.23. The average Bonchev–Trinajstić information content (AvgIpc) is 3.45. The number of carbonyl (C=O) groups is 1. The topological polar surface area (TPSA) is 50.8 Å². The number of thioether (sulfide) groups is 1. The van der Waals surface area contributed by atoms with E-state index in [-0.39, 0.29) is 12.5 Å². The number of para-hydroxylation sites is 1. The van der Waals surface area contributed by atoms with Crippen LogP contribution in [0, 0.1) is 0 Å². The normalized spacial score (nSPS) is 12.6. The molecule has 1 N–H and O–H groups in total. The van der Waals surface area contributed by atoms with E-state index in [0.717, 1.165) is 35.8 Å². The maximum absolute atomic E-state index is 12.6. The van der Waals surface area contributed by atoms with Crippen molar-refractivity contribution >= 4 is 23.4 Å². The smallest absolute Gasteiger partial charge is 0.262 e. The van der Waals surface area contributed by atoms with Gasteiger partial charge in [0.2, 0.25) is 0 Å². The van der Waals surface area contributed by atoms with E-state index in [0.29, 0.717) is 12.4 Å². The summed E-state index contributed by atoms with van der Waals surface area (Å²) in [6, 6.07) is 15.5. The molecule has 6 heteroatoms. The van der Waals surface area contributed by atoms with E-state index in [1.54, 1.807) is 11.8 Å². The third-order valence-corrected chi connectivity index (χ3v) is 7.51. The molecule has 0 radical (unpaired) electrons. The van der Waals surface area contributed by atoms with Crippen LogP contribution in [0.25, 0.3) is 0 Å². The van der Waals surface area contributed by atoms with E-state index in [2.05, 4.69) is 28.7 Å². The number of nitrogens with one attached hydrogen (secondary N) is 1. The van der Waals surface area contributed by atoms with E-state index in [1.807, 2.05) is 48.5 Å². The number of anilines is 1. The zero-order valence-electron chi connectivity index (χ0n) is 23.2. The van der Waals surface area contributed by atoms with Crippen molar-refractivity contribution in [1.82, 2.24) is 4.90 Å². The summed E-state index contributed by atoms with van der Waals surface area (Å²) in [5.74, 6) is 2.18. The SMILES string of the molecule is CCCCCCCCCCCCCCOc1cccc(OCC(=O)Nc2ccccc2CN2C=CSC2)c1. The molecule has 0 aromatic heterocycles. The van der Waals surface area contributed by atoms with Gasteiger partial charge in [-0.15, -0.1) is 11.8 Å². The number of benzene rings is 2. The van der Waals surface area contributed by atoms with Crippen molar-refractivity contribution in [2.75, 3.05) is 24.4 Å². The standard InChI is InChI=1S/C32H46N2O3S/c1-2-3-4-5-6-7-8-9-10-11-12-15-22-36-29-18-16-19-30(24-29)37-26-32(35)33-31-20-14-13-17-28(31)25-34-21-23-38-27-34/h13-14,16-21,23-24H,2-12,15,22,25-27H2,1H3,(H,33,35). The van der Waals surface area contributed by atoms with Crippen molar-refractivity contribution < 1.29 is 14.3 Å². The molecule has 0 bridgehead atoms. The lowest BCUT2D eigenvalue weighted by molar-refractivity contribution is -0.118. The number of hydrogen-bond donors (Lipinski definition) is 1. The number of hydrogen-bond acceptors (Lipinski definition) is 5. The fourth-order valence-corrected chi connectivity index (χ4v) is 5.24. The quantitative estimate of drug-likeness (QED) is 0.171. The molecule has 1 heterocycles. The number of rotatable bonds is 20. The van der Waals surface area contributed by atoms with Crippen LogP contribution >= 0.6 is 11.8 Å². The van der Waals surface area contributed by atoms with Crippen molar-refractivity contribution in [3.05, 3.63) is 65.7 Å². The fourth-order valence-electron chi connectivity index (χ4n) is 4.53. The highest BCUT2D eigenvalue weighted by atomic mass is 32.2. The predicted octanol–water partition coefficient (Wildman–Crippen LogP) is 8.76. The van der Waals surface area contributed by atoms with E-state index < -0.39 is 0 Å². The van der Waals surface area contributed by atoms with Gasteiger partial charge in [-0.3, -0.25) is 4.79 Å². The zero-order chi connectivity index (χ0) is 26.7. The minimum atomic E-state index is -0.174. The van der Waals surface area contributed by atoms with Crippen LogP contribution in [0.4, 0.5) is 5.69 Å². The molecule has 5 nitrogen and oxygen atoms in total. The van der Waals surface area contributed by atoms with E-state index in [4.69, 9.17) is 9.47 Å². The summed E-state index contributed by atoms with van der Waals surface area (Å²) in [5, 5.41) is 5.09. The Morgan fingerprint density at radius 1 is 0.842 bits per heavy atom. The Morgan fingerprint density at radius 3 is 2.18 bits per heavy atom. The third-order valence-electron chi connectivity index (χ3n) is 6.72. The summed E-state index contributed by atoms with van der Waals surface area (Å²) in [6.45, 7) is 3.70. The molecular weight excluding hydrogens is 492 g/mol. The molecule has 1 aliphatic heterocycles. The first kappa shape index (κ1) is 29.9. The molecule has 2 aromatic carbocycles. The summed E-state index contributed by atoms with van der Waals surface area (Å²) < 4.78 is 11.7. The molecule has 1 aliphatic rings. The molecule has 1 amide bonds. The van der Waals surface area contributed by atoms with Gasteiger partial charge in [0.25, 0.3) is 5.91 Å². The zero-order valence-corrected chi connectivity index (χ0v) is 24.0. The van der Waals surface area contributed by atoms with E-state index >= 15 is 0 Å². The van der Waals surface area contributed by atoms with Gasteiger partial charge in [-0.1, -0.05) is 102 Å². The Kier molecular flexibility index (Phi) is 14.7. The highest BCUT2D eigenvalue weighted by Gasteiger charge is 2.11. The van der Waals surface area contributed by atoms with Gasteiger partial charge in [0.1, 0.15) is 11.5 Å². The number of nitrogens with zero attached hydrogens (tertiary/aromatic N) is 1. The number of amides is 1. The molecule has 0 unspecified atom stereocenters. The maximum atomic E-state index is 12.6. The Labute approximate surface area is 234 Å². The molecule has 0 atom stereocenters. The number of ether oxygens (including phenoxy) is 2. The monoisotopic (exact) mass is 538 g/mol. The van der Waals surface area contributed by atoms with Crippen LogP contribution in [0.3, 0.4) is 0 Å². The Hall–Kier alpha value is -2.60. The molecular formula is C32H46N2O3S. The van der Waals surface area contributed by atoms with Crippen molar-refractivity contribution in [3.8, 4) is 11.5 Å². The second-order valence-corrected chi connectivity index (χ2v) is 10.9. The summed E-state index contributed by atoms with van der Waals surface area (Å²) >= 11 is 1.77. The molecule has 3 rings (SSSR count). The van der Waals surface area contributed by atoms with Gasteiger partial charge in [-0.25, -0.2) is 0 Å². The average molecular weight is 539 g/mol. The van der Waals surface area contributed by atoms with Crippen LogP contribution in [0.2, 0.25) is 0 Å². The van der Waals surface area contributed by atoms with E-state index in [9.17, 15) is 4.79 Å². The fraction of sp³-hybridized carbons (Fsp3) is 0.531. The Balaban J connectivity index is 1.26. The van der Waals surface area contributed by atoms with Crippen molar-refractivity contribution in [3.63, 3.8) is 0 Å². The van der Waals surface area contributed by atoms with Crippen LogP contribution in [0.5, 0.6) is 11.5 Å². The predicted molar refractivity (Wildman–Crippen MR) is 161 cm³/mol. The summed E-state index contributed by atoms with van der Waals surface area (Å²) in [7, 11) is 0. The van der Waals surface area contributed by atoms with Gasteiger partial charge in [0.05, 0.1) is 12.5 Å². The first-order valence-corrected chi connectivity index (χ1v) is 15.5. The molecule has 208 valence electrons. The van der Waals surface area contributed by atoms with Crippen molar-refractivity contribution in [1.29, 1.82) is 0 Å². The molecule has 2 aromatic rings. The van der Waals surface area contributed by atoms with Crippen molar-refractivity contribution in [2.24, 2.45) is 0 Å². The van der Waals surface area contributed by atoms with Gasteiger partial charge in [0.15, 0.2) is 6.61 Å². The van der Waals surface area contributed by atoms with Gasteiger partial charge in [-0.05, 0) is 35.6 Å². The summed E-state index contributed by atoms with van der Waals surface area (Å²) in [5.41, 5.74) is 1.91. The second-order valence-electron chi connectivity index (χ2n) is 10.0. The molecule has 0 aliphatic carbocycles. The Morgan fingerprint density at radius 2 is 1.50 bits per heavy atom. The lowest BCUT2D eigenvalue weighted by Crippen LogP contribution is -2.22. The van der Waals surface area contributed by atoms with E-state index in [1.165, 1.54) is 70.6 Å². The lowest BCUT2D eigenvalue weighted by atomic mass is 10.1. The summed E-state index contributed by atoms with van der Waals surface area (Å²) in [4.78, 5) is 14.8. The van der Waals surface area contributed by atoms with Crippen LogP contribution < -0.4 is 14.8 Å². The van der Waals surface area contributed by atoms with Crippen molar-refractivity contribution in [2.45, 2.75) is 90.5 Å². The maximum Gasteiger partial charge on any atom is 0.262 e. The molecule has 0 saturated heterocycles. The summed E-state index contributed by atoms with van der Waals surface area (Å²) in [6.07, 6.45) is 18.1. The molecule has 0 fully saturated rings. The third kappa shape index (κ3) is 12.3. The first-order valence-electron chi connectivity index (χ1n) is 14.5. The first-order chi connectivity index (χ1) is 18.7. The van der Waals surface area contributed by atoms with Gasteiger partial charge >= 0.3 is 0 Å². The number of unbranched alkanes of at least 4 members (excludes halogenated alkanes) is 11. The minimum Gasteiger partial charge on any atom is -0.493 e. The molecule has 0 saturated carbocycles. The van der Waals surface area contributed by atoms with Crippen LogP contribution in [-0.2, 0) is 11.3 Å². The van der Waals surface area contributed by atoms with Crippen LogP contribution in [0.1, 0.15) is 89.5 Å². The van der Waals surface area contributed by atoms with Gasteiger partial charge in [0, 0.05) is 24.5 Å². The Bertz CT molecular complexity index is 965. The van der Waals surface area contributed by atoms with Crippen LogP contribution in [-0.4, -0.2) is 29.9 Å². The minimum absolute atomic E-state index is 0.0456. The van der Waals surface area contributed by atoms with Gasteiger partial charge in [-0.2, -0.15) is 0 Å². The highest BCUT2D eigenvalue weighted by molar-refractivity contribution is 8.02. The van der Waals surface area contributed by atoms with Gasteiger partial charge < -0.3 is 19.7 Å². The molecule has 38 heavy (non-hydrogen) atoms. The van der Waals surface area contributed by atoms with Crippen LogP contribution in [0.15, 0.2) is 60.1 Å². The lowest BCUT2D eigenvalue weighted by Gasteiger charge is -2.18.